The van der Waals surface area contributed by atoms with Gasteiger partial charge in [-0.1, -0.05) is 36.0 Å². The van der Waals surface area contributed by atoms with E-state index in [-0.39, 0.29) is 11.7 Å². The largest absolute Gasteiger partial charge is 0.325 e. The van der Waals surface area contributed by atoms with Crippen LogP contribution in [0.2, 0.25) is 0 Å². The Morgan fingerprint density at radius 1 is 1.06 bits per heavy atom. The van der Waals surface area contributed by atoms with Crippen molar-refractivity contribution in [3.8, 4) is 17.1 Å². The molecular formula is C23H21N5OS2. The predicted octanol–water partition coefficient (Wildman–Crippen LogP) is 5.09. The summed E-state index contributed by atoms with van der Waals surface area (Å²) in [5.74, 6) is 0.823. The highest BCUT2D eigenvalue weighted by molar-refractivity contribution is 7.99. The van der Waals surface area contributed by atoms with E-state index in [0.717, 1.165) is 27.4 Å². The van der Waals surface area contributed by atoms with Gasteiger partial charge < -0.3 is 5.32 Å². The van der Waals surface area contributed by atoms with E-state index < -0.39 is 0 Å². The molecule has 31 heavy (non-hydrogen) atoms. The Hall–Kier alpha value is -3.10. The number of hydrogen-bond donors (Lipinski definition) is 1. The van der Waals surface area contributed by atoms with Crippen molar-refractivity contribution in [1.82, 2.24) is 19.7 Å². The van der Waals surface area contributed by atoms with Gasteiger partial charge in [0.1, 0.15) is 0 Å². The van der Waals surface area contributed by atoms with Gasteiger partial charge in [-0.15, -0.1) is 22.0 Å². The van der Waals surface area contributed by atoms with Crippen molar-refractivity contribution in [1.29, 1.82) is 0 Å². The number of aromatic nitrogens is 4. The van der Waals surface area contributed by atoms with Crippen molar-refractivity contribution in [2.45, 2.75) is 17.0 Å². The number of pyridine rings is 1. The molecule has 4 aromatic rings. The van der Waals surface area contributed by atoms with Gasteiger partial charge in [0, 0.05) is 28.5 Å². The molecule has 0 aliphatic heterocycles. The van der Waals surface area contributed by atoms with Gasteiger partial charge in [0.2, 0.25) is 5.91 Å². The van der Waals surface area contributed by atoms with Crippen molar-refractivity contribution in [2.24, 2.45) is 0 Å². The normalized spacial score (nSPS) is 10.8. The molecule has 6 nitrogen and oxygen atoms in total. The summed E-state index contributed by atoms with van der Waals surface area (Å²) in [6.07, 6.45) is 5.50. The molecule has 2 heterocycles. The zero-order valence-corrected chi connectivity index (χ0v) is 18.8. The summed E-state index contributed by atoms with van der Waals surface area (Å²) in [4.78, 5) is 17.9. The first-order valence-electron chi connectivity index (χ1n) is 9.64. The number of amides is 1. The maximum atomic E-state index is 12.6. The van der Waals surface area contributed by atoms with Crippen LogP contribution in [0.4, 0.5) is 5.69 Å². The van der Waals surface area contributed by atoms with E-state index in [1.165, 1.54) is 11.8 Å². The Morgan fingerprint density at radius 3 is 2.71 bits per heavy atom. The van der Waals surface area contributed by atoms with Crippen LogP contribution in [0.15, 0.2) is 83.1 Å². The number of benzene rings is 2. The first-order chi connectivity index (χ1) is 15.2. The summed E-state index contributed by atoms with van der Waals surface area (Å²) in [6.45, 7) is 2.04. The van der Waals surface area contributed by atoms with Gasteiger partial charge in [-0.25, -0.2) is 0 Å². The number of anilines is 1. The van der Waals surface area contributed by atoms with Crippen LogP contribution in [0.1, 0.15) is 5.56 Å². The molecule has 0 atom stereocenters. The van der Waals surface area contributed by atoms with E-state index in [0.29, 0.717) is 11.0 Å². The van der Waals surface area contributed by atoms with E-state index in [4.69, 9.17) is 0 Å². The minimum atomic E-state index is -0.0921. The zero-order valence-electron chi connectivity index (χ0n) is 17.1. The number of hydrogen-bond acceptors (Lipinski definition) is 6. The van der Waals surface area contributed by atoms with Crippen molar-refractivity contribution in [2.75, 3.05) is 17.3 Å². The van der Waals surface area contributed by atoms with Gasteiger partial charge in [0.05, 0.1) is 11.4 Å². The van der Waals surface area contributed by atoms with Crippen LogP contribution in [-0.2, 0) is 4.79 Å². The van der Waals surface area contributed by atoms with Crippen LogP contribution in [0.3, 0.4) is 0 Å². The summed E-state index contributed by atoms with van der Waals surface area (Å²) in [7, 11) is 0. The van der Waals surface area contributed by atoms with Gasteiger partial charge in [-0.3, -0.25) is 14.3 Å². The maximum Gasteiger partial charge on any atom is 0.234 e. The monoisotopic (exact) mass is 447 g/mol. The van der Waals surface area contributed by atoms with Gasteiger partial charge in [-0.2, -0.15) is 0 Å². The molecule has 0 saturated carbocycles. The first kappa shape index (κ1) is 21.1. The number of aryl methyl sites for hydroxylation is 1. The highest BCUT2D eigenvalue weighted by atomic mass is 32.2. The quantitative estimate of drug-likeness (QED) is 0.398. The van der Waals surface area contributed by atoms with Crippen molar-refractivity contribution >= 4 is 35.1 Å². The van der Waals surface area contributed by atoms with E-state index in [9.17, 15) is 4.79 Å². The van der Waals surface area contributed by atoms with Crippen molar-refractivity contribution in [3.05, 3.63) is 78.6 Å². The van der Waals surface area contributed by atoms with Crippen LogP contribution in [0, 0.1) is 6.92 Å². The zero-order chi connectivity index (χ0) is 21.6. The summed E-state index contributed by atoms with van der Waals surface area (Å²) in [5, 5.41) is 12.4. The Bertz CT molecular complexity index is 1190. The first-order valence-corrected chi connectivity index (χ1v) is 11.9. The van der Waals surface area contributed by atoms with E-state index in [2.05, 4.69) is 20.5 Å². The number of carbonyl (C=O) groups is 1. The fraction of sp³-hybridized carbons (Fsp3) is 0.130. The third-order valence-corrected chi connectivity index (χ3v) is 6.25. The minimum Gasteiger partial charge on any atom is -0.325 e. The molecule has 1 amide bonds. The molecule has 8 heteroatoms. The molecule has 1 N–H and O–H groups in total. The molecule has 0 unspecified atom stereocenters. The lowest BCUT2D eigenvalue weighted by Gasteiger charge is -2.13. The SMILES string of the molecule is CSc1cccc(NC(=O)CSc2nnc(-c3cccnc3)n2-c2ccccc2C)c1. The van der Waals surface area contributed by atoms with E-state index in [1.807, 2.05) is 78.4 Å². The van der Waals surface area contributed by atoms with Crippen molar-refractivity contribution < 1.29 is 4.79 Å². The minimum absolute atomic E-state index is 0.0921. The number of carbonyl (C=O) groups excluding carboxylic acids is 1. The van der Waals surface area contributed by atoms with Gasteiger partial charge >= 0.3 is 0 Å². The van der Waals surface area contributed by atoms with Crippen LogP contribution in [0.25, 0.3) is 17.1 Å². The molecule has 0 bridgehead atoms. The number of para-hydroxylation sites is 1. The molecule has 0 saturated heterocycles. The molecule has 0 aliphatic rings. The number of rotatable bonds is 7. The molecule has 2 aromatic heterocycles. The van der Waals surface area contributed by atoms with Gasteiger partial charge in [0.15, 0.2) is 11.0 Å². The molecule has 0 aliphatic carbocycles. The fourth-order valence-corrected chi connectivity index (χ4v) is 4.31. The van der Waals surface area contributed by atoms with Crippen LogP contribution in [0.5, 0.6) is 0 Å². The highest BCUT2D eigenvalue weighted by Crippen LogP contribution is 2.29. The van der Waals surface area contributed by atoms with Crippen LogP contribution >= 0.6 is 23.5 Å². The summed E-state index contributed by atoms with van der Waals surface area (Å²) in [6, 6.07) is 19.7. The molecule has 0 spiro atoms. The molecule has 4 rings (SSSR count). The number of nitrogens with zero attached hydrogens (tertiary/aromatic N) is 4. The Balaban J connectivity index is 1.59. The lowest BCUT2D eigenvalue weighted by molar-refractivity contribution is -0.113. The average Bonchev–Trinajstić information content (AvgIpc) is 3.22. The third kappa shape index (κ3) is 4.98. The Kier molecular flexibility index (Phi) is 6.69. The number of thioether (sulfide) groups is 2. The molecule has 2 aromatic carbocycles. The molecule has 0 radical (unpaired) electrons. The van der Waals surface area contributed by atoms with Crippen LogP contribution in [-0.4, -0.2) is 37.7 Å². The lowest BCUT2D eigenvalue weighted by atomic mass is 10.2. The molecular weight excluding hydrogens is 426 g/mol. The van der Waals surface area contributed by atoms with Crippen molar-refractivity contribution in [3.63, 3.8) is 0 Å². The van der Waals surface area contributed by atoms with Gasteiger partial charge in [0.25, 0.3) is 0 Å². The lowest BCUT2D eigenvalue weighted by Crippen LogP contribution is -2.14. The summed E-state index contributed by atoms with van der Waals surface area (Å²) < 4.78 is 1.98. The maximum absolute atomic E-state index is 12.6. The predicted molar refractivity (Wildman–Crippen MR) is 127 cm³/mol. The molecule has 0 fully saturated rings. The van der Waals surface area contributed by atoms with E-state index >= 15 is 0 Å². The topological polar surface area (TPSA) is 72.7 Å². The highest BCUT2D eigenvalue weighted by Gasteiger charge is 2.18. The summed E-state index contributed by atoms with van der Waals surface area (Å²) >= 11 is 2.99. The Morgan fingerprint density at radius 2 is 1.94 bits per heavy atom. The third-order valence-electron chi connectivity index (χ3n) is 4.60. The Labute approximate surface area is 189 Å². The number of nitrogens with one attached hydrogen (secondary N) is 1. The van der Waals surface area contributed by atoms with Gasteiger partial charge in [-0.05, 0) is 55.1 Å². The second-order valence-electron chi connectivity index (χ2n) is 6.74. The smallest absolute Gasteiger partial charge is 0.234 e. The molecule has 156 valence electrons. The van der Waals surface area contributed by atoms with E-state index in [1.54, 1.807) is 24.2 Å². The second kappa shape index (κ2) is 9.80. The summed E-state index contributed by atoms with van der Waals surface area (Å²) in [5.41, 5.74) is 3.71. The second-order valence-corrected chi connectivity index (χ2v) is 8.56. The fourth-order valence-electron chi connectivity index (χ4n) is 3.10. The van der Waals surface area contributed by atoms with Crippen LogP contribution < -0.4 is 5.32 Å². The average molecular weight is 448 g/mol. The standard InChI is InChI=1S/C23H21N5OS2/c1-16-7-3-4-11-20(16)28-22(17-8-6-12-24-14-17)26-27-23(28)31-15-21(29)25-18-9-5-10-19(13-18)30-2/h3-14H,15H2,1-2H3,(H,25,29).